The number of nitrogens with zero attached hydrogens (tertiary/aromatic N) is 3. The Balaban J connectivity index is 1.57. The molecule has 0 amide bonds. The number of nitrogens with one attached hydrogen (secondary N) is 1. The summed E-state index contributed by atoms with van der Waals surface area (Å²) in [5, 5.41) is 7.56. The predicted octanol–water partition coefficient (Wildman–Crippen LogP) is 2.10. The maximum Gasteiger partial charge on any atom is 0.152 e. The SMILES string of the molecule is c1cn2nccc2c(NCCC2CCCCO2)n1. The van der Waals surface area contributed by atoms with Crippen LogP contribution in [0.25, 0.3) is 5.52 Å². The van der Waals surface area contributed by atoms with Crippen LogP contribution in [-0.2, 0) is 4.74 Å². The zero-order valence-electron chi connectivity index (χ0n) is 10.4. The van der Waals surface area contributed by atoms with Gasteiger partial charge in [-0.3, -0.25) is 0 Å². The van der Waals surface area contributed by atoms with Gasteiger partial charge in [-0.2, -0.15) is 5.10 Å². The Hall–Kier alpha value is -1.62. The fourth-order valence-corrected chi connectivity index (χ4v) is 2.38. The summed E-state index contributed by atoms with van der Waals surface area (Å²) in [4.78, 5) is 4.35. The van der Waals surface area contributed by atoms with Crippen molar-refractivity contribution >= 4 is 11.3 Å². The van der Waals surface area contributed by atoms with Crippen molar-refractivity contribution in [3.05, 3.63) is 24.7 Å². The molecule has 0 bridgehead atoms. The Bertz CT molecular complexity index is 504. The molecule has 5 nitrogen and oxygen atoms in total. The number of fused-ring (bicyclic) bond motifs is 1. The van der Waals surface area contributed by atoms with Gasteiger partial charge in [-0.1, -0.05) is 0 Å². The van der Waals surface area contributed by atoms with Crippen LogP contribution in [0, 0.1) is 0 Å². The third kappa shape index (κ3) is 2.46. The van der Waals surface area contributed by atoms with E-state index in [0.29, 0.717) is 6.10 Å². The van der Waals surface area contributed by atoms with Gasteiger partial charge in [0.25, 0.3) is 0 Å². The van der Waals surface area contributed by atoms with E-state index in [1.54, 1.807) is 12.4 Å². The zero-order valence-corrected chi connectivity index (χ0v) is 10.4. The Morgan fingerprint density at radius 3 is 3.28 bits per heavy atom. The summed E-state index contributed by atoms with van der Waals surface area (Å²) in [7, 11) is 0. The first-order chi connectivity index (χ1) is 8.93. The highest BCUT2D eigenvalue weighted by Gasteiger charge is 2.13. The lowest BCUT2D eigenvalue weighted by molar-refractivity contribution is 0.0134. The molecule has 2 aromatic rings. The van der Waals surface area contributed by atoms with E-state index in [-0.39, 0.29) is 0 Å². The van der Waals surface area contributed by atoms with E-state index in [0.717, 1.165) is 30.9 Å². The minimum atomic E-state index is 0.413. The quantitative estimate of drug-likeness (QED) is 0.897. The summed E-state index contributed by atoms with van der Waals surface area (Å²) < 4.78 is 7.54. The summed E-state index contributed by atoms with van der Waals surface area (Å²) in [6, 6.07) is 1.96. The fourth-order valence-electron chi connectivity index (χ4n) is 2.38. The van der Waals surface area contributed by atoms with Gasteiger partial charge in [0.15, 0.2) is 5.82 Å². The fraction of sp³-hybridized carbons (Fsp3) is 0.538. The average molecular weight is 246 g/mol. The average Bonchev–Trinajstić information content (AvgIpc) is 2.89. The molecular formula is C13H18N4O. The predicted molar refractivity (Wildman–Crippen MR) is 69.7 cm³/mol. The molecule has 1 aliphatic heterocycles. The van der Waals surface area contributed by atoms with Crippen LogP contribution in [0.1, 0.15) is 25.7 Å². The van der Waals surface area contributed by atoms with Crippen molar-refractivity contribution in [1.82, 2.24) is 14.6 Å². The molecule has 0 radical (unpaired) electrons. The first-order valence-electron chi connectivity index (χ1n) is 6.57. The topological polar surface area (TPSA) is 51.5 Å². The molecule has 1 N–H and O–H groups in total. The Morgan fingerprint density at radius 1 is 1.39 bits per heavy atom. The molecular weight excluding hydrogens is 228 g/mol. The number of hydrogen-bond acceptors (Lipinski definition) is 4. The van der Waals surface area contributed by atoms with Crippen LogP contribution in [0.4, 0.5) is 5.82 Å². The maximum absolute atomic E-state index is 5.71. The summed E-state index contributed by atoms with van der Waals surface area (Å²) in [6.45, 7) is 1.81. The van der Waals surface area contributed by atoms with Crippen molar-refractivity contribution < 1.29 is 4.74 Å². The Morgan fingerprint density at radius 2 is 2.39 bits per heavy atom. The number of anilines is 1. The highest BCUT2D eigenvalue weighted by Crippen LogP contribution is 2.17. The summed E-state index contributed by atoms with van der Waals surface area (Å²) in [6.07, 6.45) is 10.5. The molecule has 5 heteroatoms. The Kier molecular flexibility index (Phi) is 3.41. The van der Waals surface area contributed by atoms with Gasteiger partial charge in [-0.15, -0.1) is 0 Å². The second-order valence-electron chi connectivity index (χ2n) is 4.64. The van der Waals surface area contributed by atoms with E-state index in [2.05, 4.69) is 15.4 Å². The highest BCUT2D eigenvalue weighted by atomic mass is 16.5. The van der Waals surface area contributed by atoms with Gasteiger partial charge >= 0.3 is 0 Å². The standard InChI is InChI=1S/C13H18N4O/c1-2-10-18-11(3-1)4-6-14-13-12-5-7-16-17(12)9-8-15-13/h5,7-9,11H,1-4,6,10H2,(H,14,15). The molecule has 1 unspecified atom stereocenters. The highest BCUT2D eigenvalue weighted by molar-refractivity contribution is 5.66. The molecule has 3 rings (SSSR count). The lowest BCUT2D eigenvalue weighted by Gasteiger charge is -2.22. The maximum atomic E-state index is 5.71. The van der Waals surface area contributed by atoms with E-state index in [4.69, 9.17) is 4.74 Å². The molecule has 3 heterocycles. The monoisotopic (exact) mass is 246 g/mol. The number of ether oxygens (including phenoxy) is 1. The third-order valence-corrected chi connectivity index (χ3v) is 3.36. The Labute approximate surface area is 106 Å². The van der Waals surface area contributed by atoms with Crippen molar-refractivity contribution in [2.75, 3.05) is 18.5 Å². The smallest absolute Gasteiger partial charge is 0.152 e. The van der Waals surface area contributed by atoms with E-state index < -0.39 is 0 Å². The molecule has 1 aliphatic rings. The number of hydrogen-bond donors (Lipinski definition) is 1. The van der Waals surface area contributed by atoms with Crippen LogP contribution < -0.4 is 5.32 Å². The van der Waals surface area contributed by atoms with Crippen LogP contribution in [0.2, 0.25) is 0 Å². The molecule has 2 aromatic heterocycles. The molecule has 0 saturated carbocycles. The van der Waals surface area contributed by atoms with Gasteiger partial charge < -0.3 is 10.1 Å². The summed E-state index contributed by atoms with van der Waals surface area (Å²) >= 11 is 0. The molecule has 0 aromatic carbocycles. The van der Waals surface area contributed by atoms with Gasteiger partial charge in [-0.25, -0.2) is 9.50 Å². The van der Waals surface area contributed by atoms with E-state index in [1.165, 1.54) is 19.3 Å². The van der Waals surface area contributed by atoms with E-state index in [9.17, 15) is 0 Å². The van der Waals surface area contributed by atoms with Crippen molar-refractivity contribution in [2.24, 2.45) is 0 Å². The van der Waals surface area contributed by atoms with Gasteiger partial charge in [-0.05, 0) is 31.7 Å². The lowest BCUT2D eigenvalue weighted by atomic mass is 10.1. The number of aromatic nitrogens is 3. The van der Waals surface area contributed by atoms with Gasteiger partial charge in [0.1, 0.15) is 5.52 Å². The van der Waals surface area contributed by atoms with Gasteiger partial charge in [0.2, 0.25) is 0 Å². The summed E-state index contributed by atoms with van der Waals surface area (Å²) in [5.74, 6) is 0.894. The van der Waals surface area contributed by atoms with Crippen LogP contribution in [0.3, 0.4) is 0 Å². The summed E-state index contributed by atoms with van der Waals surface area (Å²) in [5.41, 5.74) is 1.02. The minimum absolute atomic E-state index is 0.413. The van der Waals surface area contributed by atoms with E-state index >= 15 is 0 Å². The van der Waals surface area contributed by atoms with Crippen LogP contribution >= 0.6 is 0 Å². The van der Waals surface area contributed by atoms with Crippen molar-refractivity contribution in [1.29, 1.82) is 0 Å². The van der Waals surface area contributed by atoms with Crippen molar-refractivity contribution in [2.45, 2.75) is 31.8 Å². The molecule has 96 valence electrons. The van der Waals surface area contributed by atoms with Crippen LogP contribution in [0.15, 0.2) is 24.7 Å². The molecule has 1 atom stereocenters. The molecule has 0 aliphatic carbocycles. The van der Waals surface area contributed by atoms with E-state index in [1.807, 2.05) is 16.8 Å². The first kappa shape index (κ1) is 11.5. The molecule has 1 saturated heterocycles. The zero-order chi connectivity index (χ0) is 12.2. The first-order valence-corrected chi connectivity index (χ1v) is 6.57. The van der Waals surface area contributed by atoms with Crippen molar-refractivity contribution in [3.63, 3.8) is 0 Å². The molecule has 1 fully saturated rings. The van der Waals surface area contributed by atoms with Crippen molar-refractivity contribution in [3.8, 4) is 0 Å². The second-order valence-corrected chi connectivity index (χ2v) is 4.64. The molecule has 0 spiro atoms. The third-order valence-electron chi connectivity index (χ3n) is 3.36. The minimum Gasteiger partial charge on any atom is -0.378 e. The largest absolute Gasteiger partial charge is 0.378 e. The van der Waals surface area contributed by atoms with Gasteiger partial charge in [0.05, 0.1) is 12.3 Å². The van der Waals surface area contributed by atoms with Crippen LogP contribution in [-0.4, -0.2) is 33.9 Å². The molecule has 18 heavy (non-hydrogen) atoms. The lowest BCUT2D eigenvalue weighted by Crippen LogP contribution is -2.22. The second kappa shape index (κ2) is 5.35. The van der Waals surface area contributed by atoms with Crippen LogP contribution in [0.5, 0.6) is 0 Å². The normalized spacial score (nSPS) is 20.1. The number of rotatable bonds is 4. The van der Waals surface area contributed by atoms with Gasteiger partial charge in [0, 0.05) is 25.5 Å².